The zero-order chi connectivity index (χ0) is 11.2. The summed E-state index contributed by atoms with van der Waals surface area (Å²) in [7, 11) is 0. The van der Waals surface area contributed by atoms with Gasteiger partial charge in [0.05, 0.1) is 24.3 Å². The van der Waals surface area contributed by atoms with Gasteiger partial charge in [-0.05, 0) is 34.5 Å². The minimum Gasteiger partial charge on any atom is -0.492 e. The molecule has 16 heavy (non-hydrogen) atoms. The summed E-state index contributed by atoms with van der Waals surface area (Å²) in [4.78, 5) is 0. The lowest BCUT2D eigenvalue weighted by Gasteiger charge is -2.23. The van der Waals surface area contributed by atoms with Crippen LogP contribution in [0.5, 0.6) is 5.75 Å². The molecule has 0 aromatic heterocycles. The molecule has 2 rings (SSSR count). The molecule has 0 bridgehead atoms. The zero-order valence-corrected chi connectivity index (χ0v) is 10.6. The first kappa shape index (κ1) is 11.9. The van der Waals surface area contributed by atoms with Crippen LogP contribution in [0.4, 0.5) is 0 Å². The van der Waals surface area contributed by atoms with Crippen LogP contribution in [-0.4, -0.2) is 26.1 Å². The lowest BCUT2D eigenvalue weighted by Crippen LogP contribution is -2.26. The van der Waals surface area contributed by atoms with Gasteiger partial charge in [0, 0.05) is 6.42 Å². The van der Waals surface area contributed by atoms with Crippen molar-refractivity contribution in [1.29, 1.82) is 0 Å². The van der Waals surface area contributed by atoms with Gasteiger partial charge in [0.25, 0.3) is 0 Å². The predicted octanol–water partition coefficient (Wildman–Crippen LogP) is 2.98. The lowest BCUT2D eigenvalue weighted by atomic mass is 10.3. The number of halogens is 1. The van der Waals surface area contributed by atoms with Crippen LogP contribution in [0.25, 0.3) is 0 Å². The van der Waals surface area contributed by atoms with Gasteiger partial charge >= 0.3 is 0 Å². The molecule has 1 saturated heterocycles. The van der Waals surface area contributed by atoms with Crippen LogP contribution in [0, 0.1) is 0 Å². The Hall–Kier alpha value is -0.580. The van der Waals surface area contributed by atoms with E-state index >= 15 is 0 Å². The van der Waals surface area contributed by atoms with E-state index in [4.69, 9.17) is 14.2 Å². The summed E-state index contributed by atoms with van der Waals surface area (Å²) >= 11 is 3.43. The SMILES string of the molecule is Brc1ccccc1OCCC1OCCCO1. The average Bonchev–Trinajstić information content (AvgIpc) is 2.33. The molecule has 0 radical (unpaired) electrons. The molecule has 0 spiro atoms. The third kappa shape index (κ3) is 3.47. The van der Waals surface area contributed by atoms with Gasteiger partial charge in [-0.1, -0.05) is 12.1 Å². The minimum atomic E-state index is -0.101. The maximum absolute atomic E-state index is 5.63. The average molecular weight is 287 g/mol. The van der Waals surface area contributed by atoms with Gasteiger partial charge in [0.1, 0.15) is 5.75 Å². The Morgan fingerprint density at radius 3 is 2.75 bits per heavy atom. The van der Waals surface area contributed by atoms with Crippen LogP contribution in [0.1, 0.15) is 12.8 Å². The summed E-state index contributed by atoms with van der Waals surface area (Å²) in [5, 5.41) is 0. The van der Waals surface area contributed by atoms with Gasteiger partial charge in [0.15, 0.2) is 6.29 Å². The zero-order valence-electron chi connectivity index (χ0n) is 9.02. The second-order valence-corrected chi connectivity index (χ2v) is 4.45. The first-order valence-corrected chi connectivity index (χ1v) is 6.26. The van der Waals surface area contributed by atoms with Crippen molar-refractivity contribution in [3.63, 3.8) is 0 Å². The Morgan fingerprint density at radius 2 is 2.00 bits per heavy atom. The predicted molar refractivity (Wildman–Crippen MR) is 64.6 cm³/mol. The maximum Gasteiger partial charge on any atom is 0.160 e. The van der Waals surface area contributed by atoms with Gasteiger partial charge in [-0.15, -0.1) is 0 Å². The maximum atomic E-state index is 5.63. The van der Waals surface area contributed by atoms with E-state index in [0.717, 1.165) is 36.3 Å². The van der Waals surface area contributed by atoms with Crippen molar-refractivity contribution < 1.29 is 14.2 Å². The molecule has 1 aliphatic heterocycles. The van der Waals surface area contributed by atoms with Crippen LogP contribution < -0.4 is 4.74 Å². The number of ether oxygens (including phenoxy) is 3. The largest absolute Gasteiger partial charge is 0.492 e. The summed E-state index contributed by atoms with van der Waals surface area (Å²) in [5.41, 5.74) is 0. The van der Waals surface area contributed by atoms with E-state index in [2.05, 4.69) is 15.9 Å². The topological polar surface area (TPSA) is 27.7 Å². The summed E-state index contributed by atoms with van der Waals surface area (Å²) in [6.07, 6.45) is 1.65. The van der Waals surface area contributed by atoms with E-state index in [-0.39, 0.29) is 6.29 Å². The summed E-state index contributed by atoms with van der Waals surface area (Å²) < 4.78 is 17.5. The summed E-state index contributed by atoms with van der Waals surface area (Å²) in [6, 6.07) is 7.81. The Labute approximate surface area is 104 Å². The highest BCUT2D eigenvalue weighted by molar-refractivity contribution is 9.10. The lowest BCUT2D eigenvalue weighted by molar-refractivity contribution is -0.183. The molecule has 0 aliphatic carbocycles. The standard InChI is InChI=1S/C12H15BrO3/c13-10-4-1-2-5-11(10)14-9-6-12-15-7-3-8-16-12/h1-2,4-5,12H,3,6-9H2. The van der Waals surface area contributed by atoms with Gasteiger partial charge in [0.2, 0.25) is 0 Å². The van der Waals surface area contributed by atoms with E-state index in [1.807, 2.05) is 24.3 Å². The highest BCUT2D eigenvalue weighted by Gasteiger charge is 2.13. The Bertz CT molecular complexity index is 324. The van der Waals surface area contributed by atoms with Crippen molar-refractivity contribution in [2.75, 3.05) is 19.8 Å². The monoisotopic (exact) mass is 286 g/mol. The van der Waals surface area contributed by atoms with E-state index < -0.39 is 0 Å². The first-order valence-electron chi connectivity index (χ1n) is 5.47. The summed E-state index contributed by atoms with van der Waals surface area (Å²) in [5.74, 6) is 0.860. The van der Waals surface area contributed by atoms with Crippen molar-refractivity contribution in [2.45, 2.75) is 19.1 Å². The fraction of sp³-hybridized carbons (Fsp3) is 0.500. The fourth-order valence-corrected chi connectivity index (χ4v) is 1.93. The van der Waals surface area contributed by atoms with Crippen molar-refractivity contribution in [2.24, 2.45) is 0 Å². The molecule has 4 heteroatoms. The molecular weight excluding hydrogens is 272 g/mol. The molecule has 88 valence electrons. The molecule has 0 N–H and O–H groups in total. The molecule has 3 nitrogen and oxygen atoms in total. The van der Waals surface area contributed by atoms with Crippen molar-refractivity contribution in [3.05, 3.63) is 28.7 Å². The Balaban J connectivity index is 1.73. The van der Waals surface area contributed by atoms with Crippen LogP contribution >= 0.6 is 15.9 Å². The molecule has 1 aromatic carbocycles. The fourth-order valence-electron chi connectivity index (χ4n) is 1.53. The Morgan fingerprint density at radius 1 is 1.25 bits per heavy atom. The number of hydrogen-bond acceptors (Lipinski definition) is 3. The highest BCUT2D eigenvalue weighted by atomic mass is 79.9. The first-order chi connectivity index (χ1) is 7.86. The molecule has 1 fully saturated rings. The molecule has 1 aliphatic rings. The van der Waals surface area contributed by atoms with Crippen LogP contribution in [0.2, 0.25) is 0 Å². The molecule has 0 amide bonds. The van der Waals surface area contributed by atoms with Gasteiger partial charge in [-0.25, -0.2) is 0 Å². The summed E-state index contributed by atoms with van der Waals surface area (Å²) in [6.45, 7) is 2.19. The number of rotatable bonds is 4. The minimum absolute atomic E-state index is 0.101. The molecular formula is C12H15BrO3. The highest BCUT2D eigenvalue weighted by Crippen LogP contribution is 2.24. The van der Waals surface area contributed by atoms with Crippen molar-refractivity contribution in [1.82, 2.24) is 0 Å². The smallest absolute Gasteiger partial charge is 0.160 e. The second-order valence-electron chi connectivity index (χ2n) is 3.59. The van der Waals surface area contributed by atoms with E-state index in [1.165, 1.54) is 0 Å². The van der Waals surface area contributed by atoms with Crippen molar-refractivity contribution in [3.8, 4) is 5.75 Å². The van der Waals surface area contributed by atoms with Crippen LogP contribution in [-0.2, 0) is 9.47 Å². The van der Waals surface area contributed by atoms with E-state index in [1.54, 1.807) is 0 Å². The molecule has 0 saturated carbocycles. The van der Waals surface area contributed by atoms with Gasteiger partial charge in [-0.2, -0.15) is 0 Å². The second kappa shape index (κ2) is 6.23. The third-order valence-corrected chi connectivity index (χ3v) is 3.00. The molecule has 0 unspecified atom stereocenters. The molecule has 0 atom stereocenters. The normalized spacial score (nSPS) is 17.3. The quantitative estimate of drug-likeness (QED) is 0.852. The Kier molecular flexibility index (Phi) is 4.63. The van der Waals surface area contributed by atoms with E-state index in [9.17, 15) is 0 Å². The molecule has 1 aromatic rings. The van der Waals surface area contributed by atoms with E-state index in [0.29, 0.717) is 6.61 Å². The van der Waals surface area contributed by atoms with Gasteiger partial charge in [-0.3, -0.25) is 0 Å². The molecule has 1 heterocycles. The van der Waals surface area contributed by atoms with Crippen molar-refractivity contribution >= 4 is 15.9 Å². The third-order valence-electron chi connectivity index (χ3n) is 2.34. The number of hydrogen-bond donors (Lipinski definition) is 0. The van der Waals surface area contributed by atoms with Gasteiger partial charge < -0.3 is 14.2 Å². The van der Waals surface area contributed by atoms with Crippen LogP contribution in [0.15, 0.2) is 28.7 Å². The number of para-hydroxylation sites is 1. The van der Waals surface area contributed by atoms with Crippen LogP contribution in [0.3, 0.4) is 0 Å². The number of benzene rings is 1.